The topological polar surface area (TPSA) is 76.4 Å². The highest BCUT2D eigenvalue weighted by Gasteiger charge is 2.15. The molecule has 0 saturated heterocycles. The number of rotatable bonds is 3. The fourth-order valence-corrected chi connectivity index (χ4v) is 2.10. The van der Waals surface area contributed by atoms with Crippen LogP contribution in [-0.4, -0.2) is 26.3 Å². The summed E-state index contributed by atoms with van der Waals surface area (Å²) in [6, 6.07) is 6.89. The number of nitrogens with one attached hydrogen (secondary N) is 1. The average Bonchev–Trinajstić information content (AvgIpc) is 2.91. The van der Waals surface area contributed by atoms with Crippen molar-refractivity contribution >= 4 is 22.9 Å². The summed E-state index contributed by atoms with van der Waals surface area (Å²) in [5, 5.41) is 6.83. The first kappa shape index (κ1) is 13.0. The Hall–Kier alpha value is -3.02. The molecule has 6 heteroatoms. The molecule has 0 spiro atoms. The van der Waals surface area contributed by atoms with Gasteiger partial charge in [0, 0.05) is 18.0 Å². The van der Waals surface area contributed by atoms with Gasteiger partial charge in [0.05, 0.1) is 29.2 Å². The minimum Gasteiger partial charge on any atom is -0.321 e. The molecule has 1 N–H and O–H groups in total. The number of hydrogen-bond acceptors (Lipinski definition) is 4. The monoisotopic (exact) mass is 280 g/mol. The zero-order chi connectivity index (χ0) is 14.8. The van der Waals surface area contributed by atoms with Crippen molar-refractivity contribution in [3.8, 4) is 0 Å². The van der Waals surface area contributed by atoms with Crippen LogP contribution in [0.4, 0.5) is 5.69 Å². The Labute approximate surface area is 120 Å². The minimum absolute atomic E-state index is 0.104. The number of benzene rings is 1. The van der Waals surface area contributed by atoms with Crippen molar-refractivity contribution in [2.45, 2.75) is 6.92 Å². The summed E-state index contributed by atoms with van der Waals surface area (Å²) in [6.45, 7) is 1.46. The number of fused-ring (bicyclic) bond motifs is 1. The summed E-state index contributed by atoms with van der Waals surface area (Å²) >= 11 is 0. The number of ketones is 1. The van der Waals surface area contributed by atoms with E-state index >= 15 is 0 Å². The lowest BCUT2D eigenvalue weighted by atomic mass is 10.1. The van der Waals surface area contributed by atoms with Crippen LogP contribution in [0.25, 0.3) is 5.52 Å². The number of amides is 1. The first-order chi connectivity index (χ1) is 10.2. The SMILES string of the molecule is CC(=O)c1ccccc1NC(=O)c1cnn2ccncc12. The Morgan fingerprint density at radius 1 is 1.14 bits per heavy atom. The lowest BCUT2D eigenvalue weighted by Gasteiger charge is -2.08. The zero-order valence-corrected chi connectivity index (χ0v) is 11.3. The van der Waals surface area contributed by atoms with Crippen molar-refractivity contribution in [1.82, 2.24) is 14.6 Å². The highest BCUT2D eigenvalue weighted by Crippen LogP contribution is 2.18. The Balaban J connectivity index is 1.96. The van der Waals surface area contributed by atoms with Gasteiger partial charge in [0.2, 0.25) is 0 Å². The van der Waals surface area contributed by atoms with E-state index in [0.29, 0.717) is 22.3 Å². The molecular weight excluding hydrogens is 268 g/mol. The molecule has 104 valence electrons. The molecule has 21 heavy (non-hydrogen) atoms. The molecule has 3 aromatic rings. The third-order valence-corrected chi connectivity index (χ3v) is 3.12. The molecule has 0 aliphatic heterocycles. The van der Waals surface area contributed by atoms with Crippen LogP contribution in [0.15, 0.2) is 49.1 Å². The van der Waals surface area contributed by atoms with E-state index in [2.05, 4.69) is 15.4 Å². The van der Waals surface area contributed by atoms with Gasteiger partial charge in [0.15, 0.2) is 5.78 Å². The molecule has 0 unspecified atom stereocenters. The van der Waals surface area contributed by atoms with Crippen molar-refractivity contribution in [2.75, 3.05) is 5.32 Å². The number of carbonyl (C=O) groups excluding carboxylic acids is 2. The largest absolute Gasteiger partial charge is 0.321 e. The number of nitrogens with zero attached hydrogens (tertiary/aromatic N) is 3. The van der Waals surface area contributed by atoms with Gasteiger partial charge in [-0.05, 0) is 19.1 Å². The van der Waals surface area contributed by atoms with E-state index in [1.165, 1.54) is 13.1 Å². The van der Waals surface area contributed by atoms with E-state index in [0.717, 1.165) is 0 Å². The second-order valence-corrected chi connectivity index (χ2v) is 4.52. The molecule has 6 nitrogen and oxygen atoms in total. The van der Waals surface area contributed by atoms with E-state index in [4.69, 9.17) is 0 Å². The van der Waals surface area contributed by atoms with E-state index in [1.54, 1.807) is 47.4 Å². The number of carbonyl (C=O) groups is 2. The van der Waals surface area contributed by atoms with Gasteiger partial charge in [0.25, 0.3) is 5.91 Å². The normalized spacial score (nSPS) is 10.5. The maximum Gasteiger partial charge on any atom is 0.259 e. The molecule has 0 aliphatic rings. The molecule has 2 heterocycles. The summed E-state index contributed by atoms with van der Waals surface area (Å²) in [5.74, 6) is -0.431. The standard InChI is InChI=1S/C15H12N4O2/c1-10(20)11-4-2-3-5-13(11)18-15(21)12-8-17-19-7-6-16-9-14(12)19/h2-9H,1H3,(H,18,21). The maximum atomic E-state index is 12.4. The Bertz CT molecular complexity index is 838. The molecule has 0 radical (unpaired) electrons. The maximum absolute atomic E-state index is 12.4. The molecule has 0 bridgehead atoms. The number of hydrogen-bond donors (Lipinski definition) is 1. The molecule has 2 aromatic heterocycles. The third-order valence-electron chi connectivity index (χ3n) is 3.12. The molecule has 0 atom stereocenters. The van der Waals surface area contributed by atoms with Crippen molar-refractivity contribution in [2.24, 2.45) is 0 Å². The Morgan fingerprint density at radius 2 is 1.95 bits per heavy atom. The van der Waals surface area contributed by atoms with Crippen molar-refractivity contribution in [3.63, 3.8) is 0 Å². The van der Waals surface area contributed by atoms with Gasteiger partial charge in [-0.3, -0.25) is 14.6 Å². The fraction of sp³-hybridized carbons (Fsp3) is 0.0667. The summed E-state index contributed by atoms with van der Waals surface area (Å²) in [7, 11) is 0. The van der Waals surface area contributed by atoms with Crippen molar-refractivity contribution in [1.29, 1.82) is 0 Å². The van der Waals surface area contributed by atoms with E-state index < -0.39 is 0 Å². The van der Waals surface area contributed by atoms with Crippen LogP contribution in [0.1, 0.15) is 27.6 Å². The summed E-state index contributed by atoms with van der Waals surface area (Å²) < 4.78 is 1.57. The Kier molecular flexibility index (Phi) is 3.19. The third kappa shape index (κ3) is 2.38. The number of Topliss-reactive ketones (excluding diaryl/α,β-unsaturated/α-hetero) is 1. The Morgan fingerprint density at radius 3 is 2.76 bits per heavy atom. The highest BCUT2D eigenvalue weighted by atomic mass is 16.2. The van der Waals surface area contributed by atoms with Crippen LogP contribution >= 0.6 is 0 Å². The average molecular weight is 280 g/mol. The lowest BCUT2D eigenvalue weighted by molar-refractivity contribution is 0.101. The molecule has 0 fully saturated rings. The van der Waals surface area contributed by atoms with E-state index in [-0.39, 0.29) is 11.7 Å². The van der Waals surface area contributed by atoms with Crippen LogP contribution in [0, 0.1) is 0 Å². The highest BCUT2D eigenvalue weighted by molar-refractivity contribution is 6.11. The minimum atomic E-state index is -0.327. The molecule has 0 aliphatic carbocycles. The summed E-state index contributed by atoms with van der Waals surface area (Å²) in [5.41, 5.74) is 1.97. The molecule has 0 saturated carbocycles. The summed E-state index contributed by atoms with van der Waals surface area (Å²) in [6.07, 6.45) is 6.30. The molecular formula is C15H12N4O2. The van der Waals surface area contributed by atoms with Gasteiger partial charge in [-0.2, -0.15) is 5.10 Å². The predicted molar refractivity (Wildman–Crippen MR) is 77.4 cm³/mol. The second kappa shape index (κ2) is 5.16. The number of aromatic nitrogens is 3. The van der Waals surface area contributed by atoms with Crippen molar-refractivity contribution < 1.29 is 9.59 Å². The van der Waals surface area contributed by atoms with Crippen LogP contribution in [0.5, 0.6) is 0 Å². The number of anilines is 1. The summed E-state index contributed by atoms with van der Waals surface area (Å²) in [4.78, 5) is 27.9. The molecule has 1 amide bonds. The lowest BCUT2D eigenvalue weighted by Crippen LogP contribution is -2.14. The first-order valence-electron chi connectivity index (χ1n) is 6.35. The van der Waals surface area contributed by atoms with Crippen LogP contribution < -0.4 is 5.32 Å². The molecule has 1 aromatic carbocycles. The van der Waals surface area contributed by atoms with Gasteiger partial charge >= 0.3 is 0 Å². The van der Waals surface area contributed by atoms with Gasteiger partial charge in [0.1, 0.15) is 0 Å². The van der Waals surface area contributed by atoms with Crippen molar-refractivity contribution in [3.05, 3.63) is 60.2 Å². The van der Waals surface area contributed by atoms with Gasteiger partial charge in [-0.25, -0.2) is 4.52 Å². The van der Waals surface area contributed by atoms with Gasteiger partial charge in [-0.15, -0.1) is 0 Å². The van der Waals surface area contributed by atoms with Crippen LogP contribution in [-0.2, 0) is 0 Å². The zero-order valence-electron chi connectivity index (χ0n) is 11.3. The number of para-hydroxylation sites is 1. The fourth-order valence-electron chi connectivity index (χ4n) is 2.10. The predicted octanol–water partition coefficient (Wildman–Crippen LogP) is 2.18. The smallest absolute Gasteiger partial charge is 0.259 e. The van der Waals surface area contributed by atoms with E-state index in [9.17, 15) is 9.59 Å². The quantitative estimate of drug-likeness (QED) is 0.746. The van der Waals surface area contributed by atoms with E-state index in [1.807, 2.05) is 0 Å². The van der Waals surface area contributed by atoms with Gasteiger partial charge in [-0.1, -0.05) is 12.1 Å². The van der Waals surface area contributed by atoms with Gasteiger partial charge < -0.3 is 5.32 Å². The second-order valence-electron chi connectivity index (χ2n) is 4.52. The molecule has 3 rings (SSSR count). The first-order valence-corrected chi connectivity index (χ1v) is 6.35. The van der Waals surface area contributed by atoms with Crippen LogP contribution in [0.3, 0.4) is 0 Å². The van der Waals surface area contributed by atoms with Crippen LogP contribution in [0.2, 0.25) is 0 Å².